The highest BCUT2D eigenvalue weighted by atomic mass is 16.3. The molecule has 3 aromatic heterocycles. The largest absolute Gasteiger partial charge is 0.508 e. The molecular formula is C21H22N6O. The predicted molar refractivity (Wildman–Crippen MR) is 109 cm³/mol. The first-order valence-electron chi connectivity index (χ1n) is 9.28. The Morgan fingerprint density at radius 3 is 2.50 bits per heavy atom. The topological polar surface area (TPSA) is 88.8 Å². The summed E-state index contributed by atoms with van der Waals surface area (Å²) in [4.78, 5) is 18.1. The molecule has 0 amide bonds. The van der Waals surface area contributed by atoms with Crippen molar-refractivity contribution in [3.05, 3.63) is 60.7 Å². The number of anilines is 1. The summed E-state index contributed by atoms with van der Waals surface area (Å²) in [6.07, 6.45) is 6.09. The van der Waals surface area contributed by atoms with Crippen LogP contribution >= 0.6 is 0 Å². The minimum atomic E-state index is 0.245. The minimum absolute atomic E-state index is 0.245. The van der Waals surface area contributed by atoms with Gasteiger partial charge in [-0.05, 0) is 50.1 Å². The molecule has 0 unspecified atom stereocenters. The van der Waals surface area contributed by atoms with Gasteiger partial charge in [-0.15, -0.1) is 0 Å². The second-order valence-corrected chi connectivity index (χ2v) is 6.89. The Balaban J connectivity index is 1.66. The lowest BCUT2D eigenvalue weighted by atomic mass is 10.1. The van der Waals surface area contributed by atoms with E-state index < -0.39 is 0 Å². The SMILES string of the molecule is CC(C)n1cnc2c(NCCc3ccc(O)cc3)nc(-c3ccncc3)nc21. The van der Waals surface area contributed by atoms with Crippen molar-refractivity contribution < 1.29 is 5.11 Å². The molecule has 0 aliphatic carbocycles. The number of phenolic OH excluding ortho intramolecular Hbond substituents is 1. The number of hydrogen-bond donors (Lipinski definition) is 2. The zero-order chi connectivity index (χ0) is 19.5. The van der Waals surface area contributed by atoms with Crippen molar-refractivity contribution in [1.82, 2.24) is 24.5 Å². The standard InChI is InChI=1S/C21H22N6O/c1-14(2)27-13-24-18-20(23-12-7-15-3-5-17(28)6-4-15)25-19(26-21(18)27)16-8-10-22-11-9-16/h3-6,8-11,13-14,28H,7,12H2,1-2H3,(H,23,25,26). The van der Waals surface area contributed by atoms with Gasteiger partial charge in [-0.1, -0.05) is 12.1 Å². The molecule has 0 saturated heterocycles. The molecular weight excluding hydrogens is 352 g/mol. The minimum Gasteiger partial charge on any atom is -0.508 e. The third-order valence-electron chi connectivity index (χ3n) is 4.56. The van der Waals surface area contributed by atoms with E-state index in [-0.39, 0.29) is 11.8 Å². The van der Waals surface area contributed by atoms with Crippen LogP contribution in [0.15, 0.2) is 55.1 Å². The molecule has 2 N–H and O–H groups in total. The number of pyridine rings is 1. The van der Waals surface area contributed by atoms with Crippen LogP contribution in [0, 0.1) is 0 Å². The smallest absolute Gasteiger partial charge is 0.166 e. The highest BCUT2D eigenvalue weighted by Crippen LogP contribution is 2.25. The van der Waals surface area contributed by atoms with Gasteiger partial charge >= 0.3 is 0 Å². The van der Waals surface area contributed by atoms with Crippen molar-refractivity contribution in [3.63, 3.8) is 0 Å². The molecule has 1 aromatic carbocycles. The molecule has 0 bridgehead atoms. The van der Waals surface area contributed by atoms with Crippen molar-refractivity contribution in [1.29, 1.82) is 0 Å². The third-order valence-corrected chi connectivity index (χ3v) is 4.56. The maximum absolute atomic E-state index is 9.42. The summed E-state index contributed by atoms with van der Waals surface area (Å²) in [5.41, 5.74) is 3.62. The van der Waals surface area contributed by atoms with E-state index >= 15 is 0 Å². The van der Waals surface area contributed by atoms with E-state index in [4.69, 9.17) is 9.97 Å². The van der Waals surface area contributed by atoms with Crippen molar-refractivity contribution in [2.75, 3.05) is 11.9 Å². The average Bonchev–Trinajstić information content (AvgIpc) is 3.14. The normalized spacial score (nSPS) is 11.2. The number of aromatic nitrogens is 5. The van der Waals surface area contributed by atoms with Gasteiger partial charge in [0.25, 0.3) is 0 Å². The van der Waals surface area contributed by atoms with Gasteiger partial charge in [0.15, 0.2) is 17.3 Å². The molecule has 142 valence electrons. The Labute approximate surface area is 163 Å². The van der Waals surface area contributed by atoms with Gasteiger partial charge in [0.05, 0.1) is 6.33 Å². The van der Waals surface area contributed by atoms with Crippen LogP contribution in [0.4, 0.5) is 5.82 Å². The van der Waals surface area contributed by atoms with Crippen LogP contribution in [-0.2, 0) is 6.42 Å². The molecule has 28 heavy (non-hydrogen) atoms. The van der Waals surface area contributed by atoms with Gasteiger partial charge in [-0.25, -0.2) is 15.0 Å². The number of rotatable bonds is 6. The number of benzene rings is 1. The molecule has 0 atom stereocenters. The molecule has 7 heteroatoms. The quantitative estimate of drug-likeness (QED) is 0.533. The Morgan fingerprint density at radius 1 is 1.04 bits per heavy atom. The first-order valence-corrected chi connectivity index (χ1v) is 9.28. The summed E-state index contributed by atoms with van der Waals surface area (Å²) in [6.45, 7) is 4.90. The van der Waals surface area contributed by atoms with E-state index in [0.29, 0.717) is 12.4 Å². The zero-order valence-corrected chi connectivity index (χ0v) is 15.9. The number of hydrogen-bond acceptors (Lipinski definition) is 6. The van der Waals surface area contributed by atoms with Crippen molar-refractivity contribution >= 4 is 17.0 Å². The van der Waals surface area contributed by atoms with E-state index in [0.717, 1.165) is 34.5 Å². The Kier molecular flexibility index (Phi) is 4.89. The van der Waals surface area contributed by atoms with E-state index in [1.165, 1.54) is 0 Å². The fourth-order valence-electron chi connectivity index (χ4n) is 3.04. The van der Waals surface area contributed by atoms with Gasteiger partial charge in [-0.2, -0.15) is 0 Å². The van der Waals surface area contributed by atoms with Crippen LogP contribution in [0.25, 0.3) is 22.6 Å². The second kappa shape index (κ2) is 7.64. The Bertz CT molecular complexity index is 1070. The Hall–Kier alpha value is -3.48. The number of nitrogens with one attached hydrogen (secondary N) is 1. The van der Waals surface area contributed by atoms with Crippen molar-refractivity contribution in [2.45, 2.75) is 26.3 Å². The summed E-state index contributed by atoms with van der Waals surface area (Å²) in [5.74, 6) is 1.63. The molecule has 3 heterocycles. The number of phenols is 1. The molecule has 0 fully saturated rings. The summed E-state index contributed by atoms with van der Waals surface area (Å²) >= 11 is 0. The van der Waals surface area contributed by atoms with E-state index in [1.54, 1.807) is 24.5 Å². The highest BCUT2D eigenvalue weighted by Gasteiger charge is 2.15. The number of fused-ring (bicyclic) bond motifs is 1. The first kappa shape index (κ1) is 17.9. The van der Waals surface area contributed by atoms with Gasteiger partial charge in [0.1, 0.15) is 11.3 Å². The summed E-state index contributed by atoms with van der Waals surface area (Å²) < 4.78 is 2.05. The maximum Gasteiger partial charge on any atom is 0.166 e. The third kappa shape index (κ3) is 3.64. The lowest BCUT2D eigenvalue weighted by Crippen LogP contribution is -2.09. The molecule has 4 rings (SSSR count). The first-order chi connectivity index (χ1) is 13.6. The lowest BCUT2D eigenvalue weighted by Gasteiger charge is -2.11. The van der Waals surface area contributed by atoms with Crippen LogP contribution in [0.5, 0.6) is 5.75 Å². The lowest BCUT2D eigenvalue weighted by molar-refractivity contribution is 0.475. The van der Waals surface area contributed by atoms with Gasteiger partial charge in [0.2, 0.25) is 0 Å². The molecule has 7 nitrogen and oxygen atoms in total. The highest BCUT2D eigenvalue weighted by molar-refractivity contribution is 5.85. The van der Waals surface area contributed by atoms with Crippen molar-refractivity contribution in [2.24, 2.45) is 0 Å². The van der Waals surface area contributed by atoms with Gasteiger partial charge in [0, 0.05) is 30.5 Å². The molecule has 4 aromatic rings. The van der Waals surface area contributed by atoms with Crippen LogP contribution in [-0.4, -0.2) is 36.2 Å². The molecule has 0 saturated carbocycles. The number of aromatic hydroxyl groups is 1. The van der Waals surface area contributed by atoms with E-state index in [9.17, 15) is 5.11 Å². The van der Waals surface area contributed by atoms with Crippen molar-refractivity contribution in [3.8, 4) is 17.1 Å². The Morgan fingerprint density at radius 2 is 1.79 bits per heavy atom. The summed E-state index contributed by atoms with van der Waals surface area (Å²) in [5, 5.41) is 12.8. The van der Waals surface area contributed by atoms with Crippen LogP contribution in [0.2, 0.25) is 0 Å². The van der Waals surface area contributed by atoms with Crippen LogP contribution < -0.4 is 5.32 Å². The van der Waals surface area contributed by atoms with Gasteiger partial charge in [-0.3, -0.25) is 4.98 Å². The second-order valence-electron chi connectivity index (χ2n) is 6.89. The molecule has 0 aliphatic heterocycles. The maximum atomic E-state index is 9.42. The van der Waals surface area contributed by atoms with E-state index in [2.05, 4.69) is 29.1 Å². The zero-order valence-electron chi connectivity index (χ0n) is 15.9. The average molecular weight is 374 g/mol. The van der Waals surface area contributed by atoms with Gasteiger partial charge < -0.3 is 15.0 Å². The number of imidazole rings is 1. The molecule has 0 spiro atoms. The molecule has 0 aliphatic rings. The van der Waals surface area contributed by atoms with Crippen LogP contribution in [0.1, 0.15) is 25.5 Å². The molecule has 0 radical (unpaired) electrons. The van der Waals surface area contributed by atoms with E-state index in [1.807, 2.05) is 35.2 Å². The fourth-order valence-corrected chi connectivity index (χ4v) is 3.04. The summed E-state index contributed by atoms with van der Waals surface area (Å²) in [7, 11) is 0. The predicted octanol–water partition coefficient (Wildman–Crippen LogP) is 3.83. The number of nitrogens with zero attached hydrogens (tertiary/aromatic N) is 5. The van der Waals surface area contributed by atoms with Crippen LogP contribution in [0.3, 0.4) is 0 Å². The monoisotopic (exact) mass is 374 g/mol. The summed E-state index contributed by atoms with van der Waals surface area (Å²) in [6, 6.07) is 11.3. The fraction of sp³-hybridized carbons (Fsp3) is 0.238.